The van der Waals surface area contributed by atoms with Crippen LogP contribution in [-0.4, -0.2) is 53.2 Å². The molecule has 2 aliphatic heterocycles. The summed E-state index contributed by atoms with van der Waals surface area (Å²) in [4.78, 5) is 27.4. The molecule has 3 aliphatic rings. The van der Waals surface area contributed by atoms with Crippen LogP contribution in [0.15, 0.2) is 53.7 Å². The number of phenols is 1. The van der Waals surface area contributed by atoms with Gasteiger partial charge in [0, 0.05) is 29.9 Å². The predicted molar refractivity (Wildman–Crippen MR) is 124 cm³/mol. The van der Waals surface area contributed by atoms with Crippen LogP contribution in [0.1, 0.15) is 35.2 Å². The number of carbonyl (C=O) groups is 2. The van der Waals surface area contributed by atoms with Gasteiger partial charge in [0.15, 0.2) is 11.5 Å². The summed E-state index contributed by atoms with van der Waals surface area (Å²) in [5.41, 5.74) is 5.01. The van der Waals surface area contributed by atoms with E-state index in [4.69, 9.17) is 4.74 Å². The van der Waals surface area contributed by atoms with E-state index in [-0.39, 0.29) is 17.6 Å². The number of nitrogens with one attached hydrogen (secondary N) is 2. The Kier molecular flexibility index (Phi) is 5.30. The molecule has 33 heavy (non-hydrogen) atoms. The lowest BCUT2D eigenvalue weighted by molar-refractivity contribution is -0.113. The Balaban J connectivity index is 1.44. The molecular weight excluding hydrogens is 422 g/mol. The lowest BCUT2D eigenvalue weighted by Crippen LogP contribution is -2.29. The fourth-order valence-corrected chi connectivity index (χ4v) is 4.52. The minimum Gasteiger partial charge on any atom is -0.504 e. The molecule has 2 heterocycles. The molecule has 0 spiro atoms. The molecule has 5 rings (SSSR count). The van der Waals surface area contributed by atoms with Gasteiger partial charge in [-0.15, -0.1) is 0 Å². The fourth-order valence-electron chi connectivity index (χ4n) is 4.52. The quantitative estimate of drug-likeness (QED) is 0.576. The molecule has 170 valence electrons. The van der Waals surface area contributed by atoms with Gasteiger partial charge in [-0.05, 0) is 66.8 Å². The number of β-amino-alcohol motifs (C(OH)–C–C–N with tert-alkyl or cyclic N) is 1. The first-order chi connectivity index (χ1) is 15.9. The molecule has 0 aromatic heterocycles. The van der Waals surface area contributed by atoms with Crippen molar-refractivity contribution < 1.29 is 24.5 Å². The van der Waals surface area contributed by atoms with Crippen molar-refractivity contribution in [3.8, 4) is 11.5 Å². The average Bonchev–Trinajstić information content (AvgIpc) is 3.20. The van der Waals surface area contributed by atoms with Crippen molar-refractivity contribution >= 4 is 28.8 Å². The third-order valence-electron chi connectivity index (χ3n) is 6.35. The second-order valence-corrected chi connectivity index (χ2v) is 8.48. The SMILES string of the molecule is COc1cc(C2=CC3=C(CC2)C(=O)Nc2cc(C(=O)N4CCC(O)C4)ccc2N3)ccc1O. The average molecular weight is 447 g/mol. The molecule has 0 bridgehead atoms. The molecule has 1 saturated heterocycles. The third kappa shape index (κ3) is 3.93. The number of aliphatic hydroxyl groups is 1. The predicted octanol–water partition coefficient (Wildman–Crippen LogP) is 3.10. The van der Waals surface area contributed by atoms with Crippen LogP contribution in [0.2, 0.25) is 0 Å². The molecule has 8 heteroatoms. The number of amides is 2. The van der Waals surface area contributed by atoms with Crippen LogP contribution in [0.3, 0.4) is 0 Å². The monoisotopic (exact) mass is 447 g/mol. The summed E-state index contributed by atoms with van der Waals surface area (Å²) in [6.07, 6.45) is 3.26. The summed E-state index contributed by atoms with van der Waals surface area (Å²) in [5.74, 6) is 0.116. The smallest absolute Gasteiger partial charge is 0.254 e. The summed E-state index contributed by atoms with van der Waals surface area (Å²) < 4.78 is 5.23. The largest absolute Gasteiger partial charge is 0.504 e. The molecule has 1 atom stereocenters. The van der Waals surface area contributed by atoms with Crippen molar-refractivity contribution in [2.75, 3.05) is 30.8 Å². The standard InChI is InChI=1S/C25H25N3O5/c1-33-23-12-15(4-7-22(23)30)14-2-5-18-20(10-14)26-19-6-3-16(11-21(19)27-24(18)31)25(32)28-9-8-17(29)13-28/h3-4,6-7,10-12,17,26,29-30H,2,5,8-9,13H2,1H3,(H,27,31). The zero-order valence-electron chi connectivity index (χ0n) is 18.2. The number of allylic oxidation sites excluding steroid dienone is 2. The van der Waals surface area contributed by atoms with Gasteiger partial charge >= 0.3 is 0 Å². The molecule has 2 aromatic carbocycles. The van der Waals surface area contributed by atoms with E-state index in [2.05, 4.69) is 10.6 Å². The highest BCUT2D eigenvalue weighted by atomic mass is 16.5. The second kappa shape index (κ2) is 8.29. The molecular formula is C25H25N3O5. The van der Waals surface area contributed by atoms with Crippen molar-refractivity contribution in [2.24, 2.45) is 0 Å². The molecule has 4 N–H and O–H groups in total. The number of anilines is 2. The van der Waals surface area contributed by atoms with Gasteiger partial charge in [0.05, 0.1) is 24.6 Å². The first kappa shape index (κ1) is 21.1. The molecule has 8 nitrogen and oxygen atoms in total. The Morgan fingerprint density at radius 2 is 1.97 bits per heavy atom. The maximum absolute atomic E-state index is 13.0. The first-order valence-corrected chi connectivity index (χ1v) is 10.9. The van der Waals surface area contributed by atoms with Crippen molar-refractivity contribution in [3.63, 3.8) is 0 Å². The number of phenolic OH excluding ortho intramolecular Hbond substituents is 1. The van der Waals surface area contributed by atoms with Crippen molar-refractivity contribution in [3.05, 3.63) is 64.9 Å². The maximum Gasteiger partial charge on any atom is 0.254 e. The first-order valence-electron chi connectivity index (χ1n) is 10.9. The molecule has 0 saturated carbocycles. The van der Waals surface area contributed by atoms with E-state index in [1.807, 2.05) is 12.1 Å². The van der Waals surface area contributed by atoms with Crippen LogP contribution in [-0.2, 0) is 4.79 Å². The van der Waals surface area contributed by atoms with Crippen LogP contribution in [0, 0.1) is 0 Å². The second-order valence-electron chi connectivity index (χ2n) is 8.48. The number of hydrogen-bond donors (Lipinski definition) is 4. The number of likely N-dealkylation sites (tertiary alicyclic amines) is 1. The topological polar surface area (TPSA) is 111 Å². The van der Waals surface area contributed by atoms with Crippen molar-refractivity contribution in [1.29, 1.82) is 0 Å². The normalized spacial score (nSPS) is 19.7. The molecule has 1 fully saturated rings. The van der Waals surface area contributed by atoms with Crippen LogP contribution >= 0.6 is 0 Å². The number of hydrogen-bond acceptors (Lipinski definition) is 6. The van der Waals surface area contributed by atoms with Crippen LogP contribution in [0.25, 0.3) is 5.57 Å². The highest BCUT2D eigenvalue weighted by Crippen LogP contribution is 2.38. The summed E-state index contributed by atoms with van der Waals surface area (Å²) in [5, 5.41) is 25.9. The molecule has 1 unspecified atom stereocenters. The fraction of sp³-hybridized carbons (Fsp3) is 0.280. The number of benzene rings is 2. The Morgan fingerprint density at radius 1 is 1.12 bits per heavy atom. The van der Waals surface area contributed by atoms with Gasteiger partial charge in [-0.25, -0.2) is 0 Å². The van der Waals surface area contributed by atoms with Crippen molar-refractivity contribution in [1.82, 2.24) is 4.90 Å². The number of aromatic hydroxyl groups is 1. The number of rotatable bonds is 3. The summed E-state index contributed by atoms with van der Waals surface area (Å²) in [7, 11) is 1.51. The van der Waals surface area contributed by atoms with Gasteiger partial charge < -0.3 is 30.5 Å². The number of fused-ring (bicyclic) bond motifs is 1. The van der Waals surface area contributed by atoms with Gasteiger partial charge in [0.25, 0.3) is 11.8 Å². The maximum atomic E-state index is 13.0. The number of ether oxygens (including phenoxy) is 1. The van der Waals surface area contributed by atoms with E-state index >= 15 is 0 Å². The number of aliphatic hydroxyl groups excluding tert-OH is 1. The van der Waals surface area contributed by atoms with Crippen LogP contribution in [0.4, 0.5) is 11.4 Å². The van der Waals surface area contributed by atoms with Gasteiger partial charge in [-0.2, -0.15) is 0 Å². The molecule has 2 aromatic rings. The minimum absolute atomic E-state index is 0.0762. The highest BCUT2D eigenvalue weighted by Gasteiger charge is 2.28. The van der Waals surface area contributed by atoms with E-state index in [0.717, 1.165) is 11.1 Å². The van der Waals surface area contributed by atoms with Crippen LogP contribution < -0.4 is 15.4 Å². The molecule has 1 aliphatic carbocycles. The Morgan fingerprint density at radius 3 is 2.73 bits per heavy atom. The van der Waals surface area contributed by atoms with Gasteiger partial charge in [0.1, 0.15) is 0 Å². The van der Waals surface area contributed by atoms with Crippen LogP contribution in [0.5, 0.6) is 11.5 Å². The number of carbonyl (C=O) groups excluding carboxylic acids is 2. The van der Waals surface area contributed by atoms with E-state index in [9.17, 15) is 19.8 Å². The van der Waals surface area contributed by atoms with Crippen molar-refractivity contribution in [2.45, 2.75) is 25.4 Å². The van der Waals surface area contributed by atoms with E-state index in [1.54, 1.807) is 35.2 Å². The van der Waals surface area contributed by atoms with E-state index in [0.29, 0.717) is 66.3 Å². The zero-order chi connectivity index (χ0) is 23.1. The molecule has 2 amide bonds. The lowest BCUT2D eigenvalue weighted by atomic mass is 9.91. The summed E-state index contributed by atoms with van der Waals surface area (Å²) in [6, 6.07) is 10.4. The highest BCUT2D eigenvalue weighted by molar-refractivity contribution is 6.10. The van der Waals surface area contributed by atoms with E-state index < -0.39 is 6.10 Å². The zero-order valence-corrected chi connectivity index (χ0v) is 18.2. The minimum atomic E-state index is -0.485. The Bertz CT molecular complexity index is 1220. The Labute approximate surface area is 191 Å². The summed E-state index contributed by atoms with van der Waals surface area (Å²) >= 11 is 0. The Hall–Kier alpha value is -3.78. The molecule has 0 radical (unpaired) electrons. The van der Waals surface area contributed by atoms with E-state index in [1.165, 1.54) is 7.11 Å². The third-order valence-corrected chi connectivity index (χ3v) is 6.35. The lowest BCUT2D eigenvalue weighted by Gasteiger charge is -2.19. The van der Waals surface area contributed by atoms with Gasteiger partial charge in [0.2, 0.25) is 0 Å². The number of nitrogens with zero attached hydrogens (tertiary/aromatic N) is 1. The number of methoxy groups -OCH3 is 1. The van der Waals surface area contributed by atoms with Gasteiger partial charge in [-0.1, -0.05) is 6.07 Å². The van der Waals surface area contributed by atoms with Gasteiger partial charge in [-0.3, -0.25) is 9.59 Å². The summed E-state index contributed by atoms with van der Waals surface area (Å²) in [6.45, 7) is 0.846.